The number of rotatable bonds is 5. The molecule has 0 atom stereocenters. The van der Waals surface area contributed by atoms with Crippen LogP contribution in [0, 0.1) is 0 Å². The van der Waals surface area contributed by atoms with Crippen molar-refractivity contribution in [3.63, 3.8) is 0 Å². The number of aromatic carboxylic acids is 1. The quantitative estimate of drug-likeness (QED) is 0.869. The summed E-state index contributed by atoms with van der Waals surface area (Å²) in [6.45, 7) is 0.0964. The van der Waals surface area contributed by atoms with E-state index in [0.29, 0.717) is 5.56 Å². The maximum absolute atomic E-state index is 11.8. The second kappa shape index (κ2) is 4.92. The number of carboxylic acids is 1. The molecule has 2 heterocycles. The van der Waals surface area contributed by atoms with Gasteiger partial charge >= 0.3 is 5.97 Å². The number of nitrogens with one attached hydrogen (secondary N) is 1. The van der Waals surface area contributed by atoms with Crippen molar-refractivity contribution in [2.24, 2.45) is 0 Å². The number of hydrogen-bond donors (Lipinski definition) is 2. The zero-order chi connectivity index (χ0) is 13.2. The van der Waals surface area contributed by atoms with E-state index < -0.39 is 16.0 Å². The van der Waals surface area contributed by atoms with Crippen molar-refractivity contribution in [1.29, 1.82) is 0 Å². The first-order valence-corrected chi connectivity index (χ1v) is 7.18. The van der Waals surface area contributed by atoms with E-state index in [-0.39, 0.29) is 16.3 Å². The van der Waals surface area contributed by atoms with Crippen LogP contribution in [-0.4, -0.2) is 19.5 Å². The van der Waals surface area contributed by atoms with Crippen LogP contribution in [0.3, 0.4) is 0 Å². The summed E-state index contributed by atoms with van der Waals surface area (Å²) < 4.78 is 30.8. The Morgan fingerprint density at radius 2 is 2.28 bits per heavy atom. The lowest BCUT2D eigenvalue weighted by Gasteiger charge is -2.02. The molecule has 0 amide bonds. The van der Waals surface area contributed by atoms with Crippen molar-refractivity contribution in [2.75, 3.05) is 0 Å². The van der Waals surface area contributed by atoms with E-state index in [2.05, 4.69) is 4.72 Å². The summed E-state index contributed by atoms with van der Waals surface area (Å²) in [4.78, 5) is 10.7. The van der Waals surface area contributed by atoms with Crippen LogP contribution < -0.4 is 4.72 Å². The summed E-state index contributed by atoms with van der Waals surface area (Å²) in [5.41, 5.74) is 0.650. The van der Waals surface area contributed by atoms with Gasteiger partial charge in [0.25, 0.3) is 0 Å². The largest absolute Gasteiger partial charge is 0.478 e. The summed E-state index contributed by atoms with van der Waals surface area (Å²) in [5, 5.41) is 10.0. The Morgan fingerprint density at radius 3 is 2.83 bits per heavy atom. The summed E-state index contributed by atoms with van der Waals surface area (Å²) in [6.07, 6.45) is 2.87. The topological polar surface area (TPSA) is 96.6 Å². The average molecular weight is 287 g/mol. The second-order valence-corrected chi connectivity index (χ2v) is 6.32. The van der Waals surface area contributed by atoms with Gasteiger partial charge < -0.3 is 9.52 Å². The molecule has 0 saturated heterocycles. The van der Waals surface area contributed by atoms with Gasteiger partial charge in [-0.25, -0.2) is 17.9 Å². The van der Waals surface area contributed by atoms with E-state index >= 15 is 0 Å². The Morgan fingerprint density at radius 1 is 1.50 bits per heavy atom. The summed E-state index contributed by atoms with van der Waals surface area (Å²) in [5.74, 6) is -1.15. The lowest BCUT2D eigenvalue weighted by molar-refractivity contribution is 0.0697. The predicted molar refractivity (Wildman–Crippen MR) is 64.0 cm³/mol. The number of sulfonamides is 1. The van der Waals surface area contributed by atoms with Gasteiger partial charge in [0.2, 0.25) is 10.0 Å². The molecule has 0 spiro atoms. The molecule has 96 valence electrons. The number of thiophene rings is 1. The molecule has 2 rings (SSSR count). The fourth-order valence-corrected chi connectivity index (χ4v) is 3.43. The molecule has 0 radical (unpaired) electrons. The van der Waals surface area contributed by atoms with Gasteiger partial charge in [0.05, 0.1) is 18.1 Å². The van der Waals surface area contributed by atoms with Gasteiger partial charge in [-0.2, -0.15) is 0 Å². The van der Waals surface area contributed by atoms with E-state index in [9.17, 15) is 13.2 Å². The SMILES string of the molecule is O=C(O)c1csc(S(=O)(=O)NCc2ccoc2)c1. The van der Waals surface area contributed by atoms with Crippen LogP contribution in [0.25, 0.3) is 0 Å². The number of furan rings is 1. The lowest BCUT2D eigenvalue weighted by Crippen LogP contribution is -2.22. The molecule has 18 heavy (non-hydrogen) atoms. The van der Waals surface area contributed by atoms with Gasteiger partial charge in [0.1, 0.15) is 4.21 Å². The average Bonchev–Trinajstić information content (AvgIpc) is 2.98. The van der Waals surface area contributed by atoms with Crippen LogP contribution in [0.5, 0.6) is 0 Å². The van der Waals surface area contributed by atoms with E-state index in [1.165, 1.54) is 17.9 Å². The van der Waals surface area contributed by atoms with Crippen LogP contribution in [0.1, 0.15) is 15.9 Å². The molecule has 0 saturated carbocycles. The molecule has 0 unspecified atom stereocenters. The zero-order valence-corrected chi connectivity index (χ0v) is 10.6. The van der Waals surface area contributed by atoms with Crippen molar-refractivity contribution in [3.05, 3.63) is 41.2 Å². The minimum absolute atomic E-state index is 0.0246. The molecule has 0 aliphatic rings. The first kappa shape index (κ1) is 12.8. The van der Waals surface area contributed by atoms with Gasteiger partial charge in [-0.1, -0.05) is 0 Å². The van der Waals surface area contributed by atoms with E-state index in [1.54, 1.807) is 6.07 Å². The summed E-state index contributed by atoms with van der Waals surface area (Å²) >= 11 is 0.867. The highest BCUT2D eigenvalue weighted by molar-refractivity contribution is 7.91. The molecule has 0 bridgehead atoms. The first-order chi connectivity index (χ1) is 8.49. The van der Waals surface area contributed by atoms with Gasteiger partial charge in [-0.3, -0.25) is 0 Å². The van der Waals surface area contributed by atoms with Crippen LogP contribution in [0.15, 0.2) is 38.7 Å². The van der Waals surface area contributed by atoms with Crippen LogP contribution >= 0.6 is 11.3 Å². The molecule has 8 heteroatoms. The first-order valence-electron chi connectivity index (χ1n) is 4.81. The Balaban J connectivity index is 2.12. The van der Waals surface area contributed by atoms with Crippen molar-refractivity contribution >= 4 is 27.3 Å². The van der Waals surface area contributed by atoms with Crippen molar-refractivity contribution in [1.82, 2.24) is 4.72 Å². The van der Waals surface area contributed by atoms with E-state index in [1.807, 2.05) is 0 Å². The monoisotopic (exact) mass is 287 g/mol. The normalized spacial score (nSPS) is 11.6. The molecule has 2 N–H and O–H groups in total. The fourth-order valence-electron chi connectivity index (χ4n) is 1.21. The fraction of sp³-hybridized carbons (Fsp3) is 0.100. The molecule has 0 aliphatic carbocycles. The molecule has 2 aromatic heterocycles. The minimum atomic E-state index is -3.69. The molecule has 0 aliphatic heterocycles. The smallest absolute Gasteiger partial charge is 0.336 e. The minimum Gasteiger partial charge on any atom is -0.478 e. The molecule has 0 aromatic carbocycles. The van der Waals surface area contributed by atoms with Gasteiger partial charge in [-0.15, -0.1) is 11.3 Å². The predicted octanol–water partition coefficient (Wildman–Crippen LogP) is 1.52. The van der Waals surface area contributed by atoms with Crippen molar-refractivity contribution in [2.45, 2.75) is 10.8 Å². The number of carbonyl (C=O) groups is 1. The molecule has 0 fully saturated rings. The standard InChI is InChI=1S/C10H9NO5S2/c12-10(13)8-3-9(17-6-8)18(14,15)11-4-7-1-2-16-5-7/h1-3,5-6,11H,4H2,(H,12,13). The molecule has 6 nitrogen and oxygen atoms in total. The van der Waals surface area contributed by atoms with Crippen molar-refractivity contribution < 1.29 is 22.7 Å². The highest BCUT2D eigenvalue weighted by Crippen LogP contribution is 2.20. The highest BCUT2D eigenvalue weighted by Gasteiger charge is 2.18. The van der Waals surface area contributed by atoms with Crippen LogP contribution in [0.4, 0.5) is 0 Å². The zero-order valence-electron chi connectivity index (χ0n) is 8.99. The van der Waals surface area contributed by atoms with Gasteiger partial charge in [-0.05, 0) is 12.1 Å². The number of hydrogen-bond acceptors (Lipinski definition) is 5. The second-order valence-electron chi connectivity index (χ2n) is 3.42. The number of carboxylic acid groups (broad SMARTS) is 1. The highest BCUT2D eigenvalue weighted by atomic mass is 32.2. The van der Waals surface area contributed by atoms with E-state index in [4.69, 9.17) is 9.52 Å². The third-order valence-electron chi connectivity index (χ3n) is 2.13. The summed E-state index contributed by atoms with van der Waals surface area (Å²) in [7, 11) is -3.69. The molecular weight excluding hydrogens is 278 g/mol. The maximum atomic E-state index is 11.8. The summed E-state index contributed by atoms with van der Waals surface area (Å²) in [6, 6.07) is 2.77. The Kier molecular flexibility index (Phi) is 3.50. The molecule has 2 aromatic rings. The van der Waals surface area contributed by atoms with Gasteiger partial charge in [0, 0.05) is 17.5 Å². The van der Waals surface area contributed by atoms with Crippen LogP contribution in [0.2, 0.25) is 0 Å². The lowest BCUT2D eigenvalue weighted by atomic mass is 10.4. The van der Waals surface area contributed by atoms with Gasteiger partial charge in [0.15, 0.2) is 0 Å². The van der Waals surface area contributed by atoms with Crippen LogP contribution in [-0.2, 0) is 16.6 Å². The van der Waals surface area contributed by atoms with Crippen molar-refractivity contribution in [3.8, 4) is 0 Å². The third kappa shape index (κ3) is 2.78. The Labute approximate surface area is 107 Å². The van der Waals surface area contributed by atoms with E-state index in [0.717, 1.165) is 17.4 Å². The maximum Gasteiger partial charge on any atom is 0.336 e. The Bertz CT molecular complexity index is 642. The Hall–Kier alpha value is -1.64. The third-order valence-corrected chi connectivity index (χ3v) is 4.97. The molecular formula is C10H9NO5S2.